The van der Waals surface area contributed by atoms with Crippen molar-refractivity contribution in [3.63, 3.8) is 0 Å². The zero-order valence-corrected chi connectivity index (χ0v) is 5.48. The fourth-order valence-electron chi connectivity index (χ4n) is 0.163. The summed E-state index contributed by atoms with van der Waals surface area (Å²) in [5, 5.41) is 0. The van der Waals surface area contributed by atoms with E-state index in [1.54, 1.807) is 0 Å². The molecule has 0 saturated carbocycles. The molecule has 0 saturated heterocycles. The quantitative estimate of drug-likeness (QED) is 0.466. The average molecular weight is 167 g/mol. The van der Waals surface area contributed by atoms with E-state index in [-0.39, 0.29) is 0 Å². The fraction of sp³-hybridized carbons (Fsp3) is 0.500. The molecule has 7 heavy (non-hydrogen) atoms. The van der Waals surface area contributed by atoms with Crippen molar-refractivity contribution in [1.82, 2.24) is 0 Å². The Kier molecular flexibility index (Phi) is 5.96. The molecule has 42 valence electrons. The molecule has 0 aliphatic carbocycles. The Balaban J connectivity index is 2.56. The summed E-state index contributed by atoms with van der Waals surface area (Å²) < 4.78 is 9.17. The van der Waals surface area contributed by atoms with E-state index < -0.39 is 0 Å². The lowest BCUT2D eigenvalue weighted by Crippen LogP contribution is -1.92. The van der Waals surface area contributed by atoms with Gasteiger partial charge in [0.25, 0.3) is 0 Å². The summed E-state index contributed by atoms with van der Waals surface area (Å²) in [5.74, 6) is 0. The summed E-state index contributed by atoms with van der Waals surface area (Å²) in [6.07, 6.45) is 1.38. The topological polar surface area (TPSA) is 18.5 Å². The van der Waals surface area contributed by atoms with Crippen LogP contribution >= 0.6 is 16.3 Å². The first kappa shape index (κ1) is 6.98. The molecule has 0 fully saturated rings. The van der Waals surface area contributed by atoms with Gasteiger partial charge in [0.05, 0.1) is 29.1 Å². The lowest BCUT2D eigenvalue weighted by Gasteiger charge is -1.93. The molecule has 0 rings (SSSR count). The van der Waals surface area contributed by atoms with Crippen molar-refractivity contribution in [3.05, 3.63) is 12.8 Å². The highest BCUT2D eigenvalue weighted by atomic mass is 79.9. The van der Waals surface area contributed by atoms with Crippen molar-refractivity contribution in [2.75, 3.05) is 13.2 Å². The van der Waals surface area contributed by atoms with Crippen LogP contribution in [0.15, 0.2) is 12.8 Å². The van der Waals surface area contributed by atoms with Gasteiger partial charge in [0, 0.05) is 0 Å². The molecule has 2 nitrogen and oxygen atoms in total. The molecule has 0 aromatic carbocycles. The molecule has 3 heteroatoms. The second kappa shape index (κ2) is 5.98. The second-order valence-corrected chi connectivity index (χ2v) is 1.31. The normalized spacial score (nSPS) is 8.14. The molecule has 0 bridgehead atoms. The van der Waals surface area contributed by atoms with Gasteiger partial charge in [-0.25, -0.2) is 0 Å². The first-order valence-corrected chi connectivity index (χ1v) is 2.52. The fourth-order valence-corrected chi connectivity index (χ4v) is 0.295. The van der Waals surface area contributed by atoms with Gasteiger partial charge in [0.15, 0.2) is 0 Å². The van der Waals surface area contributed by atoms with E-state index >= 15 is 0 Å². The van der Waals surface area contributed by atoms with Crippen molar-refractivity contribution < 1.29 is 8.57 Å². The first-order chi connectivity index (χ1) is 3.41. The summed E-state index contributed by atoms with van der Waals surface area (Å²) in [6, 6.07) is 0. The highest BCUT2D eigenvalue weighted by Crippen LogP contribution is 1.82. The lowest BCUT2D eigenvalue weighted by molar-refractivity contribution is 0.200. The van der Waals surface area contributed by atoms with E-state index in [4.69, 9.17) is 0 Å². The summed E-state index contributed by atoms with van der Waals surface area (Å²) in [4.78, 5) is 0. The first-order valence-electron chi connectivity index (χ1n) is 1.88. The van der Waals surface area contributed by atoms with Gasteiger partial charge in [-0.05, 0) is 0 Å². The zero-order valence-electron chi connectivity index (χ0n) is 3.89. The maximum atomic E-state index is 4.68. The second-order valence-electron chi connectivity index (χ2n) is 0.851. The number of hydrogen-bond donors (Lipinski definition) is 0. The summed E-state index contributed by atoms with van der Waals surface area (Å²) in [5.41, 5.74) is 0. The standard InChI is InChI=1S/C4H7BrO2/c1-2-6-3-4-7-5/h2H,1,3-4H2. The molecular formula is C4H7BrO2. The Morgan fingerprint density at radius 3 is 2.71 bits per heavy atom. The minimum atomic E-state index is 0.548. The van der Waals surface area contributed by atoms with Crippen LogP contribution < -0.4 is 0 Å². The van der Waals surface area contributed by atoms with Gasteiger partial charge in [0.2, 0.25) is 0 Å². The van der Waals surface area contributed by atoms with E-state index in [2.05, 4.69) is 31.4 Å². The smallest absolute Gasteiger partial charge is 0.112 e. The largest absolute Gasteiger partial charge is 0.499 e. The molecule has 0 heterocycles. The number of ether oxygens (including phenoxy) is 1. The van der Waals surface area contributed by atoms with Crippen molar-refractivity contribution in [2.24, 2.45) is 0 Å². The minimum Gasteiger partial charge on any atom is -0.499 e. The van der Waals surface area contributed by atoms with Crippen LogP contribution in [0.2, 0.25) is 0 Å². The summed E-state index contributed by atoms with van der Waals surface area (Å²) in [7, 11) is 0. The maximum Gasteiger partial charge on any atom is 0.112 e. The molecule has 0 atom stereocenters. The van der Waals surface area contributed by atoms with Crippen LogP contribution in [0.3, 0.4) is 0 Å². The van der Waals surface area contributed by atoms with Gasteiger partial charge in [-0.3, -0.25) is 0 Å². The van der Waals surface area contributed by atoms with Crippen molar-refractivity contribution in [3.8, 4) is 0 Å². The van der Waals surface area contributed by atoms with E-state index in [0.29, 0.717) is 13.2 Å². The number of hydrogen-bond acceptors (Lipinski definition) is 2. The van der Waals surface area contributed by atoms with Gasteiger partial charge in [-0.2, -0.15) is 0 Å². The summed E-state index contributed by atoms with van der Waals surface area (Å²) in [6.45, 7) is 4.44. The molecule has 0 aliphatic heterocycles. The van der Waals surface area contributed by atoms with Crippen LogP contribution in [0, 0.1) is 0 Å². The van der Waals surface area contributed by atoms with Crippen LogP contribution in [0.25, 0.3) is 0 Å². The van der Waals surface area contributed by atoms with E-state index in [0.717, 1.165) is 0 Å². The predicted molar refractivity (Wildman–Crippen MR) is 31.0 cm³/mol. The maximum absolute atomic E-state index is 4.68. The Morgan fingerprint density at radius 1 is 1.57 bits per heavy atom. The molecule has 0 radical (unpaired) electrons. The molecule has 0 unspecified atom stereocenters. The molecule has 0 aromatic rings. The predicted octanol–water partition coefficient (Wildman–Crippen LogP) is 1.47. The Morgan fingerprint density at radius 2 is 2.29 bits per heavy atom. The highest BCUT2D eigenvalue weighted by molar-refractivity contribution is 9.06. The van der Waals surface area contributed by atoms with E-state index in [9.17, 15) is 0 Å². The van der Waals surface area contributed by atoms with Crippen LogP contribution in [0.5, 0.6) is 0 Å². The number of halogens is 1. The van der Waals surface area contributed by atoms with Crippen LogP contribution in [-0.4, -0.2) is 13.2 Å². The van der Waals surface area contributed by atoms with Crippen molar-refractivity contribution >= 4 is 16.3 Å². The molecule has 0 amide bonds. The van der Waals surface area contributed by atoms with Crippen molar-refractivity contribution in [1.29, 1.82) is 0 Å². The molecule has 0 spiro atoms. The zero-order chi connectivity index (χ0) is 5.54. The highest BCUT2D eigenvalue weighted by Gasteiger charge is 1.77. The van der Waals surface area contributed by atoms with Gasteiger partial charge < -0.3 is 8.57 Å². The van der Waals surface area contributed by atoms with Crippen LogP contribution in [0.4, 0.5) is 0 Å². The molecule has 0 aliphatic rings. The van der Waals surface area contributed by atoms with E-state index in [1.807, 2.05) is 0 Å². The number of rotatable bonds is 4. The Labute approximate surface area is 51.6 Å². The van der Waals surface area contributed by atoms with Gasteiger partial charge >= 0.3 is 0 Å². The third-order valence-corrected chi connectivity index (χ3v) is 0.720. The monoisotopic (exact) mass is 166 g/mol. The third-order valence-electron chi connectivity index (χ3n) is 0.396. The SMILES string of the molecule is C=COCCOBr. The molecule has 0 aromatic heterocycles. The Hall–Kier alpha value is -0.0200. The van der Waals surface area contributed by atoms with Crippen LogP contribution in [-0.2, 0) is 8.57 Å². The van der Waals surface area contributed by atoms with Crippen LogP contribution in [0.1, 0.15) is 0 Å². The van der Waals surface area contributed by atoms with Gasteiger partial charge in [-0.1, -0.05) is 6.58 Å². The average Bonchev–Trinajstić information content (AvgIpc) is 1.69. The van der Waals surface area contributed by atoms with Gasteiger partial charge in [-0.15, -0.1) is 0 Å². The molecule has 0 N–H and O–H groups in total. The van der Waals surface area contributed by atoms with Crippen molar-refractivity contribution in [2.45, 2.75) is 0 Å². The van der Waals surface area contributed by atoms with E-state index in [1.165, 1.54) is 6.26 Å². The molecular weight excluding hydrogens is 160 g/mol. The third kappa shape index (κ3) is 5.98. The summed E-state index contributed by atoms with van der Waals surface area (Å²) >= 11 is 2.77. The Bertz CT molecular complexity index is 47.0. The lowest BCUT2D eigenvalue weighted by atomic mass is 10.8. The minimum absolute atomic E-state index is 0.548. The van der Waals surface area contributed by atoms with Gasteiger partial charge in [0.1, 0.15) is 6.61 Å².